The fourth-order valence-corrected chi connectivity index (χ4v) is 1.73. The first-order valence-corrected chi connectivity index (χ1v) is 5.96. The molecule has 0 saturated carbocycles. The number of nitrogens with two attached hydrogens (primary N) is 1. The number of amides is 2. The van der Waals surface area contributed by atoms with E-state index in [4.69, 9.17) is 5.73 Å². The summed E-state index contributed by atoms with van der Waals surface area (Å²) in [4.78, 5) is 24.8. The van der Waals surface area contributed by atoms with Crippen molar-refractivity contribution >= 4 is 11.8 Å². The van der Waals surface area contributed by atoms with Gasteiger partial charge in [-0.15, -0.1) is 0 Å². The summed E-state index contributed by atoms with van der Waals surface area (Å²) in [5, 5.41) is 2.68. The maximum Gasteiger partial charge on any atom is 0.236 e. The Hall–Kier alpha value is -1.10. The van der Waals surface area contributed by atoms with E-state index in [1.165, 1.54) is 0 Å². The maximum atomic E-state index is 11.6. The lowest BCUT2D eigenvalue weighted by Gasteiger charge is -2.15. The second kappa shape index (κ2) is 6.48. The molecule has 5 heteroatoms. The molecule has 1 atom stereocenters. The molecule has 0 aromatic rings. The summed E-state index contributed by atoms with van der Waals surface area (Å²) in [5.74, 6) is -0.0420. The van der Waals surface area contributed by atoms with Crippen LogP contribution in [0.15, 0.2) is 0 Å². The van der Waals surface area contributed by atoms with Crippen molar-refractivity contribution < 1.29 is 9.59 Å². The zero-order valence-corrected chi connectivity index (χ0v) is 9.87. The monoisotopic (exact) mass is 227 g/mol. The number of nitrogens with zero attached hydrogens (tertiary/aromatic N) is 1. The first-order chi connectivity index (χ1) is 7.65. The van der Waals surface area contributed by atoms with Gasteiger partial charge >= 0.3 is 0 Å². The number of hydrogen-bond acceptors (Lipinski definition) is 3. The Labute approximate surface area is 96.4 Å². The Balaban J connectivity index is 2.14. The van der Waals surface area contributed by atoms with Gasteiger partial charge in [-0.05, 0) is 19.3 Å². The van der Waals surface area contributed by atoms with Crippen molar-refractivity contribution in [1.29, 1.82) is 0 Å². The van der Waals surface area contributed by atoms with E-state index in [0.29, 0.717) is 19.4 Å². The number of carbonyl (C=O) groups excluding carboxylic acids is 2. The second-order valence-electron chi connectivity index (χ2n) is 4.14. The van der Waals surface area contributed by atoms with Gasteiger partial charge in [0.25, 0.3) is 0 Å². The number of rotatable bonds is 5. The van der Waals surface area contributed by atoms with E-state index in [2.05, 4.69) is 5.32 Å². The Morgan fingerprint density at radius 1 is 1.38 bits per heavy atom. The molecule has 0 aliphatic carbocycles. The van der Waals surface area contributed by atoms with Crippen molar-refractivity contribution in [1.82, 2.24) is 10.2 Å². The van der Waals surface area contributed by atoms with Gasteiger partial charge in [-0.1, -0.05) is 6.92 Å². The predicted octanol–water partition coefficient (Wildman–Crippen LogP) is -0.148. The van der Waals surface area contributed by atoms with E-state index in [1.54, 1.807) is 0 Å². The van der Waals surface area contributed by atoms with Gasteiger partial charge in [0.1, 0.15) is 0 Å². The molecule has 16 heavy (non-hydrogen) atoms. The minimum atomic E-state index is -0.457. The largest absolute Gasteiger partial charge is 0.354 e. The molecule has 1 rings (SSSR count). The summed E-state index contributed by atoms with van der Waals surface area (Å²) in [6.07, 6.45) is 3.19. The van der Waals surface area contributed by atoms with Crippen LogP contribution in [0.1, 0.15) is 32.6 Å². The molecule has 1 heterocycles. The first kappa shape index (κ1) is 13.0. The number of carbonyl (C=O) groups is 2. The predicted molar refractivity (Wildman–Crippen MR) is 61.7 cm³/mol. The standard InChI is InChI=1S/C11H21N3O2/c1-2-9(12)11(16)13-6-5-10(15)14-7-3-4-8-14/h9H,2-8,12H2,1H3,(H,13,16). The van der Waals surface area contributed by atoms with Crippen molar-refractivity contribution in [3.05, 3.63) is 0 Å². The molecule has 2 amide bonds. The highest BCUT2D eigenvalue weighted by Gasteiger charge is 2.17. The van der Waals surface area contributed by atoms with E-state index >= 15 is 0 Å². The first-order valence-electron chi connectivity index (χ1n) is 5.96. The summed E-state index contributed by atoms with van der Waals surface area (Å²) in [7, 11) is 0. The van der Waals surface area contributed by atoms with Gasteiger partial charge in [0.15, 0.2) is 0 Å². The van der Waals surface area contributed by atoms with Gasteiger partial charge < -0.3 is 16.0 Å². The van der Waals surface area contributed by atoms with E-state index in [1.807, 2.05) is 11.8 Å². The molecule has 1 aliphatic heterocycles. The molecule has 0 aromatic heterocycles. The molecule has 1 unspecified atom stereocenters. The van der Waals surface area contributed by atoms with Crippen LogP contribution in [0.5, 0.6) is 0 Å². The average molecular weight is 227 g/mol. The van der Waals surface area contributed by atoms with Crippen molar-refractivity contribution in [2.45, 2.75) is 38.6 Å². The summed E-state index contributed by atoms with van der Waals surface area (Å²) in [6.45, 7) is 3.98. The zero-order valence-electron chi connectivity index (χ0n) is 9.87. The lowest BCUT2D eigenvalue weighted by atomic mass is 10.2. The molecule has 1 aliphatic rings. The molecule has 0 bridgehead atoms. The van der Waals surface area contributed by atoms with E-state index in [0.717, 1.165) is 25.9 Å². The Morgan fingerprint density at radius 3 is 2.56 bits per heavy atom. The summed E-state index contributed by atoms with van der Waals surface area (Å²) < 4.78 is 0. The van der Waals surface area contributed by atoms with Crippen LogP contribution in [0.25, 0.3) is 0 Å². The highest BCUT2D eigenvalue weighted by Crippen LogP contribution is 2.08. The molecule has 0 spiro atoms. The van der Waals surface area contributed by atoms with Crippen molar-refractivity contribution in [2.24, 2.45) is 5.73 Å². The van der Waals surface area contributed by atoms with Crippen LogP contribution in [0.3, 0.4) is 0 Å². The minimum Gasteiger partial charge on any atom is -0.354 e. The normalized spacial score (nSPS) is 17.2. The molecule has 0 aromatic carbocycles. The second-order valence-corrected chi connectivity index (χ2v) is 4.14. The molecule has 1 saturated heterocycles. The third kappa shape index (κ3) is 3.81. The van der Waals surface area contributed by atoms with E-state index in [9.17, 15) is 9.59 Å². The Kier molecular flexibility index (Phi) is 5.25. The topological polar surface area (TPSA) is 75.4 Å². The van der Waals surface area contributed by atoms with Crippen molar-refractivity contribution in [3.63, 3.8) is 0 Å². The van der Waals surface area contributed by atoms with Crippen LogP contribution in [0, 0.1) is 0 Å². The summed E-state index contributed by atoms with van der Waals surface area (Å²) in [6, 6.07) is -0.457. The molecule has 5 nitrogen and oxygen atoms in total. The Morgan fingerprint density at radius 2 is 2.00 bits per heavy atom. The lowest BCUT2D eigenvalue weighted by Crippen LogP contribution is -2.41. The highest BCUT2D eigenvalue weighted by molar-refractivity contribution is 5.82. The van der Waals surface area contributed by atoms with Gasteiger partial charge in [-0.2, -0.15) is 0 Å². The van der Waals surface area contributed by atoms with Gasteiger partial charge in [0.2, 0.25) is 11.8 Å². The highest BCUT2D eigenvalue weighted by atomic mass is 16.2. The van der Waals surface area contributed by atoms with E-state index < -0.39 is 6.04 Å². The van der Waals surface area contributed by atoms with Crippen LogP contribution < -0.4 is 11.1 Å². The van der Waals surface area contributed by atoms with Crippen LogP contribution in [-0.2, 0) is 9.59 Å². The quantitative estimate of drug-likeness (QED) is 0.686. The van der Waals surface area contributed by atoms with Crippen LogP contribution in [0.2, 0.25) is 0 Å². The van der Waals surface area contributed by atoms with E-state index in [-0.39, 0.29) is 11.8 Å². The smallest absolute Gasteiger partial charge is 0.236 e. The summed E-state index contributed by atoms with van der Waals surface area (Å²) in [5.41, 5.74) is 5.55. The van der Waals surface area contributed by atoms with Crippen LogP contribution in [-0.4, -0.2) is 42.4 Å². The molecule has 0 radical (unpaired) electrons. The van der Waals surface area contributed by atoms with Gasteiger partial charge in [0.05, 0.1) is 6.04 Å². The average Bonchev–Trinajstić information content (AvgIpc) is 2.81. The van der Waals surface area contributed by atoms with Gasteiger partial charge in [-0.3, -0.25) is 9.59 Å². The SMILES string of the molecule is CCC(N)C(=O)NCCC(=O)N1CCCC1. The Bertz CT molecular complexity index is 250. The minimum absolute atomic E-state index is 0.128. The molecular formula is C11H21N3O2. The third-order valence-corrected chi connectivity index (χ3v) is 2.87. The molecular weight excluding hydrogens is 206 g/mol. The third-order valence-electron chi connectivity index (χ3n) is 2.87. The molecule has 92 valence electrons. The van der Waals surface area contributed by atoms with Crippen LogP contribution >= 0.6 is 0 Å². The van der Waals surface area contributed by atoms with Crippen LogP contribution in [0.4, 0.5) is 0 Å². The molecule has 1 fully saturated rings. The summed E-state index contributed by atoms with van der Waals surface area (Å²) >= 11 is 0. The fourth-order valence-electron chi connectivity index (χ4n) is 1.73. The number of hydrogen-bond donors (Lipinski definition) is 2. The number of likely N-dealkylation sites (tertiary alicyclic amines) is 1. The van der Waals surface area contributed by atoms with Crippen molar-refractivity contribution in [3.8, 4) is 0 Å². The lowest BCUT2D eigenvalue weighted by molar-refractivity contribution is -0.130. The van der Waals surface area contributed by atoms with Gasteiger partial charge in [0, 0.05) is 26.1 Å². The number of nitrogens with one attached hydrogen (secondary N) is 1. The van der Waals surface area contributed by atoms with Gasteiger partial charge in [-0.25, -0.2) is 0 Å². The molecule has 3 N–H and O–H groups in total. The fraction of sp³-hybridized carbons (Fsp3) is 0.818. The maximum absolute atomic E-state index is 11.6. The van der Waals surface area contributed by atoms with Crippen molar-refractivity contribution in [2.75, 3.05) is 19.6 Å². The zero-order chi connectivity index (χ0) is 12.0.